The SMILES string of the molecule is CCCCC[C@]1(S(=O)(=O)c2ccccc2)O[C@@H]1CO[Si](C)(C)C(C)(C)C. The maximum atomic E-state index is 13.3. The van der Waals surface area contributed by atoms with E-state index in [0.717, 1.165) is 19.3 Å². The number of hydrogen-bond acceptors (Lipinski definition) is 4. The minimum atomic E-state index is -3.55. The van der Waals surface area contributed by atoms with Crippen LogP contribution in [0.3, 0.4) is 0 Å². The van der Waals surface area contributed by atoms with Crippen molar-refractivity contribution in [3.8, 4) is 0 Å². The van der Waals surface area contributed by atoms with Crippen LogP contribution in [0.4, 0.5) is 0 Å². The molecule has 2 atom stereocenters. The molecular formula is C20H34O4SSi. The summed E-state index contributed by atoms with van der Waals surface area (Å²) in [7, 11) is -5.49. The van der Waals surface area contributed by atoms with E-state index < -0.39 is 23.1 Å². The molecule has 0 unspecified atom stereocenters. The second kappa shape index (κ2) is 7.74. The molecule has 1 heterocycles. The summed E-state index contributed by atoms with van der Waals surface area (Å²) in [6.45, 7) is 13.4. The van der Waals surface area contributed by atoms with Gasteiger partial charge in [-0.2, -0.15) is 0 Å². The standard InChI is InChI=1S/C20H34O4SSi/c1-7-8-12-15-20(25(21,22)17-13-10-9-11-14-17)18(24-20)16-23-26(5,6)19(2,3)4/h9-11,13-14,18H,7-8,12,15-16H2,1-6H3/t18-,20-/m1/s1. The summed E-state index contributed by atoms with van der Waals surface area (Å²) in [6, 6.07) is 8.66. The van der Waals surface area contributed by atoms with Crippen LogP contribution in [0.15, 0.2) is 35.2 Å². The zero-order chi connectivity index (χ0) is 19.6. The summed E-state index contributed by atoms with van der Waals surface area (Å²) < 4.78 is 38.7. The molecule has 0 spiro atoms. The first-order chi connectivity index (χ1) is 12.0. The Hall–Kier alpha value is -0.693. The number of rotatable bonds is 9. The Morgan fingerprint density at radius 2 is 1.77 bits per heavy atom. The van der Waals surface area contributed by atoms with Crippen LogP contribution in [0.1, 0.15) is 53.4 Å². The smallest absolute Gasteiger partial charge is 0.210 e. The molecule has 0 N–H and O–H groups in total. The zero-order valence-corrected chi connectivity index (χ0v) is 18.9. The Kier molecular flexibility index (Phi) is 6.43. The Morgan fingerprint density at radius 1 is 1.15 bits per heavy atom. The minimum Gasteiger partial charge on any atom is -0.414 e. The van der Waals surface area contributed by atoms with Crippen LogP contribution < -0.4 is 0 Å². The molecule has 26 heavy (non-hydrogen) atoms. The molecule has 2 rings (SSSR count). The van der Waals surface area contributed by atoms with E-state index in [9.17, 15) is 8.42 Å². The summed E-state index contributed by atoms with van der Waals surface area (Å²) in [4.78, 5) is -0.780. The van der Waals surface area contributed by atoms with Gasteiger partial charge in [-0.05, 0) is 43.1 Å². The van der Waals surface area contributed by atoms with Crippen LogP contribution in [-0.4, -0.2) is 34.4 Å². The van der Waals surface area contributed by atoms with E-state index in [1.165, 1.54) is 0 Å². The number of sulfone groups is 1. The molecule has 1 aromatic carbocycles. The maximum Gasteiger partial charge on any atom is 0.210 e. The van der Waals surface area contributed by atoms with Crippen molar-refractivity contribution < 1.29 is 17.6 Å². The van der Waals surface area contributed by atoms with Gasteiger partial charge in [0.05, 0.1) is 11.5 Å². The topological polar surface area (TPSA) is 55.9 Å². The highest BCUT2D eigenvalue weighted by Gasteiger charge is 2.66. The van der Waals surface area contributed by atoms with Gasteiger partial charge in [0.15, 0.2) is 8.32 Å². The number of benzene rings is 1. The predicted octanol–water partition coefficient (Wildman–Crippen LogP) is 5.16. The second-order valence-corrected chi connectivity index (χ2v) is 15.7. The average Bonchev–Trinajstić information content (AvgIpc) is 3.28. The van der Waals surface area contributed by atoms with E-state index in [1.54, 1.807) is 24.3 Å². The molecule has 1 aromatic rings. The first-order valence-electron chi connectivity index (χ1n) is 9.59. The fourth-order valence-electron chi connectivity index (χ4n) is 2.88. The van der Waals surface area contributed by atoms with Crippen molar-refractivity contribution in [2.45, 2.75) is 87.4 Å². The highest BCUT2D eigenvalue weighted by Crippen LogP contribution is 2.50. The lowest BCUT2D eigenvalue weighted by Crippen LogP contribution is -2.42. The molecule has 6 heteroatoms. The summed E-state index contributed by atoms with van der Waals surface area (Å²) in [6.07, 6.45) is 3.05. The average molecular weight is 399 g/mol. The van der Waals surface area contributed by atoms with Gasteiger partial charge in [-0.25, -0.2) is 8.42 Å². The van der Waals surface area contributed by atoms with E-state index in [2.05, 4.69) is 40.8 Å². The summed E-state index contributed by atoms with van der Waals surface area (Å²) in [5, 5.41) is 0.0884. The molecule has 0 amide bonds. The van der Waals surface area contributed by atoms with E-state index in [1.807, 2.05) is 6.07 Å². The molecule has 4 nitrogen and oxygen atoms in total. The van der Waals surface area contributed by atoms with Gasteiger partial charge < -0.3 is 9.16 Å². The van der Waals surface area contributed by atoms with Crippen molar-refractivity contribution >= 4 is 18.2 Å². The monoisotopic (exact) mass is 398 g/mol. The molecule has 0 aliphatic carbocycles. The van der Waals surface area contributed by atoms with Crippen molar-refractivity contribution in [2.75, 3.05) is 6.61 Å². The first kappa shape index (κ1) is 21.6. The lowest BCUT2D eigenvalue weighted by Gasteiger charge is -2.36. The minimum absolute atomic E-state index is 0.0884. The third-order valence-electron chi connectivity index (χ3n) is 5.81. The Labute approximate surface area is 160 Å². The molecule has 1 aliphatic heterocycles. The number of unbranched alkanes of at least 4 members (excludes halogenated alkanes) is 2. The van der Waals surface area contributed by atoms with Gasteiger partial charge in [-0.3, -0.25) is 0 Å². The molecule has 1 saturated heterocycles. The lowest BCUT2D eigenvalue weighted by molar-refractivity contribution is 0.239. The van der Waals surface area contributed by atoms with Crippen LogP contribution in [0.2, 0.25) is 18.1 Å². The number of ether oxygens (including phenoxy) is 1. The van der Waals surface area contributed by atoms with Gasteiger partial charge >= 0.3 is 0 Å². The van der Waals surface area contributed by atoms with Crippen LogP contribution in [0, 0.1) is 0 Å². The van der Waals surface area contributed by atoms with Crippen LogP contribution in [0.25, 0.3) is 0 Å². The zero-order valence-electron chi connectivity index (χ0n) is 17.0. The lowest BCUT2D eigenvalue weighted by atomic mass is 10.1. The highest BCUT2D eigenvalue weighted by molar-refractivity contribution is 7.93. The summed E-state index contributed by atoms with van der Waals surface area (Å²) in [5.41, 5.74) is 0. The molecule has 0 bridgehead atoms. The van der Waals surface area contributed by atoms with Gasteiger partial charge in [0, 0.05) is 0 Å². The third-order valence-corrected chi connectivity index (χ3v) is 12.7. The van der Waals surface area contributed by atoms with Crippen molar-refractivity contribution in [2.24, 2.45) is 0 Å². The Morgan fingerprint density at radius 3 is 2.31 bits per heavy atom. The van der Waals surface area contributed by atoms with Crippen LogP contribution >= 0.6 is 0 Å². The van der Waals surface area contributed by atoms with Crippen molar-refractivity contribution in [3.05, 3.63) is 30.3 Å². The van der Waals surface area contributed by atoms with E-state index in [4.69, 9.17) is 9.16 Å². The second-order valence-electron chi connectivity index (χ2n) is 8.76. The van der Waals surface area contributed by atoms with Crippen molar-refractivity contribution in [1.29, 1.82) is 0 Å². The number of hydrogen-bond donors (Lipinski definition) is 0. The normalized spacial score (nSPS) is 23.8. The third kappa shape index (κ3) is 4.24. The molecule has 148 valence electrons. The summed E-state index contributed by atoms with van der Waals surface area (Å²) >= 11 is 0. The molecule has 1 fully saturated rings. The van der Waals surface area contributed by atoms with Gasteiger partial charge in [0.1, 0.15) is 6.10 Å². The van der Waals surface area contributed by atoms with Crippen LogP contribution in [-0.2, 0) is 19.0 Å². The first-order valence-corrected chi connectivity index (χ1v) is 14.0. The maximum absolute atomic E-state index is 13.3. The summed E-state index contributed by atoms with van der Waals surface area (Å²) in [5.74, 6) is 0. The van der Waals surface area contributed by atoms with Crippen LogP contribution in [0.5, 0.6) is 0 Å². The van der Waals surface area contributed by atoms with Gasteiger partial charge in [-0.1, -0.05) is 58.7 Å². The fourth-order valence-corrected chi connectivity index (χ4v) is 5.87. The Bertz CT molecular complexity index is 694. The Balaban J connectivity index is 2.19. The van der Waals surface area contributed by atoms with Gasteiger partial charge in [-0.15, -0.1) is 0 Å². The van der Waals surface area contributed by atoms with Crippen molar-refractivity contribution in [3.63, 3.8) is 0 Å². The number of epoxide rings is 1. The van der Waals surface area contributed by atoms with E-state index >= 15 is 0 Å². The van der Waals surface area contributed by atoms with E-state index in [-0.39, 0.29) is 11.1 Å². The largest absolute Gasteiger partial charge is 0.414 e. The van der Waals surface area contributed by atoms with E-state index in [0.29, 0.717) is 17.9 Å². The van der Waals surface area contributed by atoms with Crippen molar-refractivity contribution in [1.82, 2.24) is 0 Å². The molecule has 0 saturated carbocycles. The van der Waals surface area contributed by atoms with Gasteiger partial charge in [0.25, 0.3) is 0 Å². The predicted molar refractivity (Wildman–Crippen MR) is 109 cm³/mol. The fraction of sp³-hybridized carbons (Fsp3) is 0.700. The highest BCUT2D eigenvalue weighted by atomic mass is 32.2. The van der Waals surface area contributed by atoms with Gasteiger partial charge in [0.2, 0.25) is 14.8 Å². The molecular weight excluding hydrogens is 364 g/mol. The molecule has 0 radical (unpaired) electrons. The quantitative estimate of drug-likeness (QED) is 0.328. The molecule has 1 aliphatic rings. The molecule has 0 aromatic heterocycles.